The van der Waals surface area contributed by atoms with Crippen LogP contribution in [0.4, 0.5) is 0 Å². The predicted octanol–water partition coefficient (Wildman–Crippen LogP) is -2.43. The molecule has 0 radical (unpaired) electrons. The molecule has 0 aliphatic heterocycles. The Hall–Kier alpha value is -0.320. The van der Waals surface area contributed by atoms with Crippen LogP contribution in [-0.4, -0.2) is 4.98 Å². The molecule has 0 amide bonds. The number of halogens is 1. The first-order chi connectivity index (χ1) is 4.34. The Morgan fingerprint density at radius 1 is 1.80 bits per heavy atom. The lowest BCUT2D eigenvalue weighted by Crippen LogP contribution is -3.00. The van der Waals surface area contributed by atoms with Gasteiger partial charge in [0.25, 0.3) is 5.82 Å². The highest BCUT2D eigenvalue weighted by Gasteiger charge is 2.00. The van der Waals surface area contributed by atoms with Crippen LogP contribution in [0.3, 0.4) is 0 Å². The van der Waals surface area contributed by atoms with Crippen molar-refractivity contribution in [2.24, 2.45) is 7.05 Å². The summed E-state index contributed by atoms with van der Waals surface area (Å²) in [6.45, 7) is 3.64. The summed E-state index contributed by atoms with van der Waals surface area (Å²) in [5.74, 6) is 1.19. The van der Waals surface area contributed by atoms with E-state index in [1.54, 1.807) is 0 Å². The number of allylic oxidation sites excluding steroid dienone is 1. The molecule has 0 aromatic carbocycles. The van der Waals surface area contributed by atoms with Gasteiger partial charge in [-0.15, -0.1) is 6.58 Å². The summed E-state index contributed by atoms with van der Waals surface area (Å²) in [6, 6.07) is 0. The van der Waals surface area contributed by atoms with Crippen LogP contribution in [0.1, 0.15) is 5.82 Å². The zero-order chi connectivity index (χ0) is 6.69. The van der Waals surface area contributed by atoms with E-state index < -0.39 is 0 Å². The molecule has 3 heteroatoms. The predicted molar refractivity (Wildman–Crippen MR) is 35.9 cm³/mol. The lowest BCUT2D eigenvalue weighted by atomic mass is 10.4. The van der Waals surface area contributed by atoms with Gasteiger partial charge in [0.2, 0.25) is 0 Å². The monoisotopic (exact) mass is 250 g/mol. The average molecular weight is 250 g/mol. The molecule has 1 aromatic rings. The number of rotatable bonds is 2. The summed E-state index contributed by atoms with van der Waals surface area (Å²) in [7, 11) is 2.01. The highest BCUT2D eigenvalue weighted by Crippen LogP contribution is 1.85. The second-order valence-electron chi connectivity index (χ2n) is 2.01. The Labute approximate surface area is 78.0 Å². The van der Waals surface area contributed by atoms with Crippen LogP contribution in [0.25, 0.3) is 0 Å². The second kappa shape index (κ2) is 4.49. The van der Waals surface area contributed by atoms with Crippen LogP contribution in [0.5, 0.6) is 0 Å². The van der Waals surface area contributed by atoms with Crippen LogP contribution in [0.15, 0.2) is 25.0 Å². The Morgan fingerprint density at radius 3 is 2.90 bits per heavy atom. The fraction of sp³-hybridized carbons (Fsp3) is 0.286. The Bertz CT molecular complexity index is 205. The standard InChI is InChI=1S/C7H10N2.HI/c1-3-4-7-8-5-6-9(7)2;/h3,5-6H,1,4H2,2H3;1H. The maximum absolute atomic E-state index is 3.64. The molecule has 0 unspecified atom stereocenters. The molecule has 1 rings (SSSR count). The molecule has 10 heavy (non-hydrogen) atoms. The summed E-state index contributed by atoms with van der Waals surface area (Å²) >= 11 is 0. The van der Waals surface area contributed by atoms with E-state index in [0.717, 1.165) is 6.42 Å². The highest BCUT2D eigenvalue weighted by atomic mass is 127. The van der Waals surface area contributed by atoms with E-state index in [-0.39, 0.29) is 24.0 Å². The molecule has 2 nitrogen and oxygen atoms in total. The fourth-order valence-electron chi connectivity index (χ4n) is 0.777. The largest absolute Gasteiger partial charge is 1.00 e. The lowest BCUT2D eigenvalue weighted by molar-refractivity contribution is -0.677. The zero-order valence-electron chi connectivity index (χ0n) is 5.97. The third kappa shape index (κ3) is 2.13. The van der Waals surface area contributed by atoms with Gasteiger partial charge in [-0.3, -0.25) is 0 Å². The first-order valence-electron chi connectivity index (χ1n) is 2.97. The molecule has 0 aliphatic rings. The lowest BCUT2D eigenvalue weighted by Gasteiger charge is -1.85. The fourth-order valence-corrected chi connectivity index (χ4v) is 0.777. The first-order valence-corrected chi connectivity index (χ1v) is 2.97. The SMILES string of the molecule is C=CCc1[nH]cc[n+]1C.[I-]. The van der Waals surface area contributed by atoms with Gasteiger partial charge in [0.15, 0.2) is 0 Å². The van der Waals surface area contributed by atoms with Gasteiger partial charge in [-0.25, -0.2) is 9.55 Å². The minimum absolute atomic E-state index is 0. The van der Waals surface area contributed by atoms with Crippen molar-refractivity contribution in [2.45, 2.75) is 6.42 Å². The van der Waals surface area contributed by atoms with Gasteiger partial charge in [-0.1, -0.05) is 6.08 Å². The maximum Gasteiger partial charge on any atom is 0.257 e. The van der Waals surface area contributed by atoms with Crippen LogP contribution in [0, 0.1) is 0 Å². The molecule has 0 aliphatic carbocycles. The van der Waals surface area contributed by atoms with E-state index in [4.69, 9.17) is 0 Å². The van der Waals surface area contributed by atoms with E-state index >= 15 is 0 Å². The van der Waals surface area contributed by atoms with E-state index in [1.807, 2.05) is 30.1 Å². The van der Waals surface area contributed by atoms with Gasteiger partial charge in [-0.2, -0.15) is 0 Å². The third-order valence-corrected chi connectivity index (χ3v) is 1.31. The molecule has 0 saturated carbocycles. The summed E-state index contributed by atoms with van der Waals surface area (Å²) in [5.41, 5.74) is 0. The van der Waals surface area contributed by atoms with Crippen molar-refractivity contribution in [2.75, 3.05) is 0 Å². The summed E-state index contributed by atoms with van der Waals surface area (Å²) in [6.07, 6.45) is 6.69. The van der Waals surface area contributed by atoms with Crippen molar-refractivity contribution in [1.29, 1.82) is 0 Å². The first kappa shape index (κ1) is 9.68. The van der Waals surface area contributed by atoms with Gasteiger partial charge < -0.3 is 24.0 Å². The molecule has 1 heterocycles. The molecule has 0 bridgehead atoms. The number of H-pyrrole nitrogens is 1. The number of aromatic amines is 1. The summed E-state index contributed by atoms with van der Waals surface area (Å²) < 4.78 is 2.04. The van der Waals surface area contributed by atoms with Crippen molar-refractivity contribution in [3.05, 3.63) is 30.9 Å². The summed E-state index contributed by atoms with van der Waals surface area (Å²) in [5, 5.41) is 0. The zero-order valence-corrected chi connectivity index (χ0v) is 8.13. The molecule has 56 valence electrons. The molecule has 0 fully saturated rings. The number of imidazole rings is 1. The molecular weight excluding hydrogens is 239 g/mol. The van der Waals surface area contributed by atoms with Gasteiger partial charge in [0, 0.05) is 0 Å². The Kier molecular flexibility index (Phi) is 4.34. The van der Waals surface area contributed by atoms with E-state index in [1.165, 1.54) is 5.82 Å². The molecule has 0 spiro atoms. The minimum atomic E-state index is 0. The van der Waals surface area contributed by atoms with Gasteiger partial charge in [0.1, 0.15) is 12.4 Å². The van der Waals surface area contributed by atoms with Crippen LogP contribution >= 0.6 is 0 Å². The molecule has 0 saturated heterocycles. The normalized spacial score (nSPS) is 8.50. The van der Waals surface area contributed by atoms with E-state index in [9.17, 15) is 0 Å². The Balaban J connectivity index is 0.000000810. The van der Waals surface area contributed by atoms with E-state index in [2.05, 4.69) is 11.6 Å². The smallest absolute Gasteiger partial charge is 0.257 e. The number of aromatic nitrogens is 2. The van der Waals surface area contributed by atoms with Crippen LogP contribution in [-0.2, 0) is 13.5 Å². The highest BCUT2D eigenvalue weighted by molar-refractivity contribution is 4.85. The third-order valence-electron chi connectivity index (χ3n) is 1.31. The number of hydrogen-bond donors (Lipinski definition) is 1. The van der Waals surface area contributed by atoms with Crippen LogP contribution in [0.2, 0.25) is 0 Å². The number of hydrogen-bond acceptors (Lipinski definition) is 0. The van der Waals surface area contributed by atoms with E-state index in [0.29, 0.717) is 0 Å². The Morgan fingerprint density at radius 2 is 2.50 bits per heavy atom. The topological polar surface area (TPSA) is 19.7 Å². The average Bonchev–Trinajstić information content (AvgIpc) is 2.18. The number of nitrogens with one attached hydrogen (secondary N) is 1. The van der Waals surface area contributed by atoms with Crippen molar-refractivity contribution < 1.29 is 28.5 Å². The quantitative estimate of drug-likeness (QED) is 0.342. The molecule has 0 atom stereocenters. The number of aryl methyl sites for hydroxylation is 1. The van der Waals surface area contributed by atoms with Crippen molar-refractivity contribution in [3.8, 4) is 0 Å². The number of nitrogens with zero attached hydrogens (tertiary/aromatic N) is 1. The van der Waals surface area contributed by atoms with Crippen molar-refractivity contribution >= 4 is 0 Å². The van der Waals surface area contributed by atoms with Crippen LogP contribution < -0.4 is 28.5 Å². The summed E-state index contributed by atoms with van der Waals surface area (Å²) in [4.78, 5) is 3.10. The maximum atomic E-state index is 3.64. The molecule has 1 aromatic heterocycles. The van der Waals surface area contributed by atoms with Gasteiger partial charge in [0.05, 0.1) is 13.5 Å². The minimum Gasteiger partial charge on any atom is -1.00 e. The van der Waals surface area contributed by atoms with Crippen molar-refractivity contribution in [3.63, 3.8) is 0 Å². The second-order valence-corrected chi connectivity index (χ2v) is 2.01. The van der Waals surface area contributed by atoms with Gasteiger partial charge in [-0.05, 0) is 0 Å². The van der Waals surface area contributed by atoms with Gasteiger partial charge >= 0.3 is 0 Å². The molecular formula is C7H11IN2. The molecule has 1 N–H and O–H groups in total. The van der Waals surface area contributed by atoms with Crippen molar-refractivity contribution in [1.82, 2.24) is 4.98 Å².